The highest BCUT2D eigenvalue weighted by molar-refractivity contribution is 5.57. The number of nitrogens with zero attached hydrogens (tertiary/aromatic N) is 2. The van der Waals surface area contributed by atoms with Crippen molar-refractivity contribution in [1.82, 2.24) is 9.97 Å². The minimum atomic E-state index is 0.163. The molecule has 3 N–H and O–H groups in total. The van der Waals surface area contributed by atoms with Crippen molar-refractivity contribution in [1.29, 1.82) is 0 Å². The van der Waals surface area contributed by atoms with Crippen molar-refractivity contribution in [3.8, 4) is 0 Å². The quantitative estimate of drug-likeness (QED) is 0.726. The first kappa shape index (κ1) is 13.7. The molecule has 96 valence electrons. The Hall–Kier alpha value is -1.36. The van der Waals surface area contributed by atoms with E-state index in [1.165, 1.54) is 0 Å². The Labute approximate surface area is 103 Å². The fraction of sp³-hybridized carbons (Fsp3) is 0.667. The number of aliphatic hydroxyl groups is 1. The molecule has 2 unspecified atom stereocenters. The molecule has 1 rings (SSSR count). The minimum absolute atomic E-state index is 0.163. The summed E-state index contributed by atoms with van der Waals surface area (Å²) in [4.78, 5) is 8.71. The summed E-state index contributed by atoms with van der Waals surface area (Å²) in [5, 5.41) is 15.5. The minimum Gasteiger partial charge on any atom is -0.396 e. The fourth-order valence-electron chi connectivity index (χ4n) is 1.53. The Morgan fingerprint density at radius 3 is 2.29 bits per heavy atom. The summed E-state index contributed by atoms with van der Waals surface area (Å²) in [6.07, 6.45) is 0. The number of rotatable bonds is 5. The van der Waals surface area contributed by atoms with Gasteiger partial charge in [-0.3, -0.25) is 0 Å². The lowest BCUT2D eigenvalue weighted by Crippen LogP contribution is -2.27. The molecule has 0 fully saturated rings. The molecule has 0 aliphatic rings. The third-order valence-corrected chi connectivity index (χ3v) is 3.00. The van der Waals surface area contributed by atoms with Crippen LogP contribution in [0.2, 0.25) is 0 Å². The number of aromatic nitrogens is 2. The van der Waals surface area contributed by atoms with Gasteiger partial charge in [0.05, 0.1) is 0 Å². The molecule has 0 bridgehead atoms. The van der Waals surface area contributed by atoms with Crippen LogP contribution in [0, 0.1) is 19.8 Å². The van der Waals surface area contributed by atoms with Crippen molar-refractivity contribution in [2.75, 3.05) is 24.3 Å². The summed E-state index contributed by atoms with van der Waals surface area (Å²) in [7, 11) is 1.85. The standard InChI is InChI=1S/C12H22N4O/c1-7(6-17)9(3)14-12-8(2)11(13-5)15-10(4)16-12/h7,9,17H,6H2,1-5H3,(H2,13,14,15,16). The molecule has 0 aliphatic heterocycles. The highest BCUT2D eigenvalue weighted by Gasteiger charge is 2.14. The molecule has 0 aliphatic carbocycles. The van der Waals surface area contributed by atoms with Crippen molar-refractivity contribution >= 4 is 11.6 Å². The summed E-state index contributed by atoms with van der Waals surface area (Å²) < 4.78 is 0. The first-order valence-electron chi connectivity index (χ1n) is 5.90. The topological polar surface area (TPSA) is 70.1 Å². The molecule has 0 radical (unpaired) electrons. The number of anilines is 2. The third-order valence-electron chi connectivity index (χ3n) is 3.00. The second-order valence-corrected chi connectivity index (χ2v) is 4.44. The largest absolute Gasteiger partial charge is 0.396 e. The summed E-state index contributed by atoms with van der Waals surface area (Å²) in [6.45, 7) is 8.04. The van der Waals surface area contributed by atoms with Gasteiger partial charge in [-0.25, -0.2) is 9.97 Å². The molecule has 2 atom stereocenters. The lowest BCUT2D eigenvalue weighted by molar-refractivity contribution is 0.226. The van der Waals surface area contributed by atoms with Gasteiger partial charge in [0.15, 0.2) is 0 Å². The lowest BCUT2D eigenvalue weighted by atomic mass is 10.1. The van der Waals surface area contributed by atoms with E-state index in [9.17, 15) is 0 Å². The molecule has 0 amide bonds. The average Bonchev–Trinajstić information content (AvgIpc) is 2.31. The maximum Gasteiger partial charge on any atom is 0.134 e. The Bertz CT molecular complexity index is 381. The zero-order valence-electron chi connectivity index (χ0n) is 11.2. The van der Waals surface area contributed by atoms with E-state index >= 15 is 0 Å². The number of aliphatic hydroxyl groups excluding tert-OH is 1. The molecule has 5 heteroatoms. The van der Waals surface area contributed by atoms with Gasteiger partial charge in [-0.2, -0.15) is 0 Å². The third kappa shape index (κ3) is 3.30. The van der Waals surface area contributed by atoms with Gasteiger partial charge in [-0.15, -0.1) is 0 Å². The smallest absolute Gasteiger partial charge is 0.134 e. The molecule has 0 aromatic carbocycles. The zero-order chi connectivity index (χ0) is 13.0. The molecule has 0 spiro atoms. The number of aryl methyl sites for hydroxylation is 1. The van der Waals surface area contributed by atoms with E-state index in [1.54, 1.807) is 0 Å². The second kappa shape index (κ2) is 5.82. The predicted octanol–water partition coefficient (Wildman–Crippen LogP) is 1.56. The molecular formula is C12H22N4O. The monoisotopic (exact) mass is 238 g/mol. The Morgan fingerprint density at radius 2 is 1.76 bits per heavy atom. The van der Waals surface area contributed by atoms with E-state index in [0.717, 1.165) is 23.0 Å². The van der Waals surface area contributed by atoms with Gasteiger partial charge in [0.25, 0.3) is 0 Å². The first-order chi connectivity index (χ1) is 7.99. The number of hydrogen-bond donors (Lipinski definition) is 3. The molecule has 17 heavy (non-hydrogen) atoms. The zero-order valence-corrected chi connectivity index (χ0v) is 11.2. The van der Waals surface area contributed by atoms with Crippen molar-refractivity contribution < 1.29 is 5.11 Å². The van der Waals surface area contributed by atoms with Crippen molar-refractivity contribution in [3.63, 3.8) is 0 Å². The number of hydrogen-bond acceptors (Lipinski definition) is 5. The van der Waals surface area contributed by atoms with Crippen molar-refractivity contribution in [3.05, 3.63) is 11.4 Å². The van der Waals surface area contributed by atoms with Crippen LogP contribution < -0.4 is 10.6 Å². The van der Waals surface area contributed by atoms with Crippen LogP contribution in [0.15, 0.2) is 0 Å². The molecule has 1 aromatic rings. The van der Waals surface area contributed by atoms with Gasteiger partial charge in [0.1, 0.15) is 17.5 Å². The van der Waals surface area contributed by atoms with Gasteiger partial charge in [0.2, 0.25) is 0 Å². The van der Waals surface area contributed by atoms with Gasteiger partial charge in [0, 0.05) is 25.3 Å². The van der Waals surface area contributed by atoms with E-state index < -0.39 is 0 Å². The van der Waals surface area contributed by atoms with Gasteiger partial charge >= 0.3 is 0 Å². The molecule has 5 nitrogen and oxygen atoms in total. The number of nitrogens with one attached hydrogen (secondary N) is 2. The molecule has 1 aromatic heterocycles. The van der Waals surface area contributed by atoms with Gasteiger partial charge < -0.3 is 15.7 Å². The summed E-state index contributed by atoms with van der Waals surface area (Å²) in [5.41, 5.74) is 0.995. The highest BCUT2D eigenvalue weighted by atomic mass is 16.3. The van der Waals surface area contributed by atoms with Crippen molar-refractivity contribution in [2.45, 2.75) is 33.7 Å². The highest BCUT2D eigenvalue weighted by Crippen LogP contribution is 2.21. The van der Waals surface area contributed by atoms with E-state index in [2.05, 4.69) is 20.6 Å². The summed E-state index contributed by atoms with van der Waals surface area (Å²) >= 11 is 0. The van der Waals surface area contributed by atoms with E-state index in [1.807, 2.05) is 34.7 Å². The normalized spacial score (nSPS) is 14.2. The maximum absolute atomic E-state index is 9.12. The van der Waals surface area contributed by atoms with E-state index in [-0.39, 0.29) is 18.6 Å². The van der Waals surface area contributed by atoms with Crippen LogP contribution in [-0.4, -0.2) is 34.8 Å². The average molecular weight is 238 g/mol. The molecular weight excluding hydrogens is 216 g/mol. The lowest BCUT2D eigenvalue weighted by Gasteiger charge is -2.21. The Morgan fingerprint density at radius 1 is 1.18 bits per heavy atom. The fourth-order valence-corrected chi connectivity index (χ4v) is 1.53. The SMILES string of the molecule is CNc1nc(C)nc(NC(C)C(C)CO)c1C. The Balaban J connectivity index is 2.94. The van der Waals surface area contributed by atoms with Crippen LogP contribution in [0.3, 0.4) is 0 Å². The van der Waals surface area contributed by atoms with Crippen molar-refractivity contribution in [2.24, 2.45) is 5.92 Å². The first-order valence-corrected chi connectivity index (χ1v) is 5.90. The van der Waals surface area contributed by atoms with Gasteiger partial charge in [-0.1, -0.05) is 6.92 Å². The van der Waals surface area contributed by atoms with Crippen LogP contribution >= 0.6 is 0 Å². The Kier molecular flexibility index (Phi) is 4.69. The molecule has 0 saturated carbocycles. The summed E-state index contributed by atoms with van der Waals surface area (Å²) in [6, 6.07) is 0.165. The van der Waals surface area contributed by atoms with Gasteiger partial charge in [-0.05, 0) is 26.7 Å². The van der Waals surface area contributed by atoms with Crippen LogP contribution in [0.25, 0.3) is 0 Å². The molecule has 0 saturated heterocycles. The molecule has 1 heterocycles. The van der Waals surface area contributed by atoms with Crippen LogP contribution in [-0.2, 0) is 0 Å². The summed E-state index contributed by atoms with van der Waals surface area (Å²) in [5.74, 6) is 2.58. The van der Waals surface area contributed by atoms with E-state index in [0.29, 0.717) is 0 Å². The van der Waals surface area contributed by atoms with Crippen LogP contribution in [0.1, 0.15) is 25.2 Å². The predicted molar refractivity (Wildman–Crippen MR) is 70.4 cm³/mol. The van der Waals surface area contributed by atoms with Crippen LogP contribution in [0.5, 0.6) is 0 Å². The van der Waals surface area contributed by atoms with Crippen LogP contribution in [0.4, 0.5) is 11.6 Å². The maximum atomic E-state index is 9.12. The second-order valence-electron chi connectivity index (χ2n) is 4.44. The van der Waals surface area contributed by atoms with E-state index in [4.69, 9.17) is 5.11 Å².